The smallest absolute Gasteiger partial charge is 0.327 e. The van der Waals surface area contributed by atoms with Crippen molar-refractivity contribution in [2.45, 2.75) is 13.8 Å². The molecule has 0 rings (SSSR count). The van der Waals surface area contributed by atoms with Gasteiger partial charge in [-0.25, -0.2) is 4.79 Å². The number of carbonyl (C=O) groups is 2. The molecule has 0 aromatic heterocycles. The van der Waals surface area contributed by atoms with E-state index in [0.717, 1.165) is 6.08 Å². The zero-order valence-electron chi connectivity index (χ0n) is 7.20. The van der Waals surface area contributed by atoms with Gasteiger partial charge >= 0.3 is 5.97 Å². The van der Waals surface area contributed by atoms with Crippen LogP contribution in [-0.2, 0) is 9.59 Å². The fourth-order valence-electron chi connectivity index (χ4n) is 0.142. The van der Waals surface area contributed by atoms with E-state index in [4.69, 9.17) is 10.8 Å². The fraction of sp³-hybridized carbons (Fsp3) is 0.250. The molecule has 68 valence electrons. The number of aliphatic carboxylic acids is 1. The maximum Gasteiger partial charge on any atom is 0.327 e. The molecule has 0 bridgehead atoms. The van der Waals surface area contributed by atoms with Crippen LogP contribution < -0.4 is 5.73 Å². The van der Waals surface area contributed by atoms with Gasteiger partial charge in [0.05, 0.1) is 0 Å². The number of carboxylic acid groups (broad SMARTS) is 1. The summed E-state index contributed by atoms with van der Waals surface area (Å²) in [5.74, 6) is -1.33. The summed E-state index contributed by atoms with van der Waals surface area (Å²) in [5.41, 5.74) is 5.45. The number of hydrogen-bond donors (Lipinski definition) is 2. The quantitative estimate of drug-likeness (QED) is 0.600. The van der Waals surface area contributed by atoms with Gasteiger partial charge in [0.15, 0.2) is 0 Å². The summed E-state index contributed by atoms with van der Waals surface area (Å²) < 4.78 is 0. The van der Waals surface area contributed by atoms with E-state index in [9.17, 15) is 9.59 Å². The Morgan fingerprint density at radius 1 is 1.50 bits per heavy atom. The second-order valence-electron chi connectivity index (χ2n) is 1.88. The van der Waals surface area contributed by atoms with E-state index in [2.05, 4.69) is 6.58 Å². The van der Waals surface area contributed by atoms with Crippen molar-refractivity contribution < 1.29 is 14.7 Å². The number of carboxylic acids is 1. The minimum Gasteiger partial charge on any atom is -0.478 e. The average molecular weight is 171 g/mol. The van der Waals surface area contributed by atoms with Crippen molar-refractivity contribution in [2.24, 2.45) is 5.73 Å². The molecule has 0 aromatic rings. The summed E-state index contributed by atoms with van der Waals surface area (Å²) in [6.07, 6.45) is 2.52. The Bertz CT molecular complexity index is 206. The molecule has 0 spiro atoms. The van der Waals surface area contributed by atoms with Crippen molar-refractivity contribution in [1.29, 1.82) is 0 Å². The molecule has 0 fully saturated rings. The number of nitrogens with two attached hydrogens (primary N) is 1. The van der Waals surface area contributed by atoms with Crippen LogP contribution in [0.2, 0.25) is 0 Å². The molecule has 1 amide bonds. The van der Waals surface area contributed by atoms with Gasteiger partial charge in [-0.05, 0) is 13.8 Å². The van der Waals surface area contributed by atoms with Gasteiger partial charge < -0.3 is 10.8 Å². The van der Waals surface area contributed by atoms with Crippen LogP contribution in [0.25, 0.3) is 0 Å². The summed E-state index contributed by atoms with van der Waals surface area (Å²) in [6, 6.07) is 0. The third-order valence-electron chi connectivity index (χ3n) is 0.996. The van der Waals surface area contributed by atoms with Crippen molar-refractivity contribution in [2.75, 3.05) is 0 Å². The van der Waals surface area contributed by atoms with Crippen LogP contribution in [0.5, 0.6) is 0 Å². The summed E-state index contributed by atoms with van der Waals surface area (Å²) in [6.45, 7) is 6.42. The van der Waals surface area contributed by atoms with Crippen LogP contribution in [0.1, 0.15) is 13.8 Å². The Hall–Kier alpha value is -1.58. The van der Waals surface area contributed by atoms with Crippen LogP contribution in [-0.4, -0.2) is 17.0 Å². The van der Waals surface area contributed by atoms with Gasteiger partial charge in [0.1, 0.15) is 0 Å². The zero-order valence-corrected chi connectivity index (χ0v) is 7.20. The predicted octanol–water partition coefficient (Wildman–Crippen LogP) is 0.695. The lowest BCUT2D eigenvalue weighted by atomic mass is 10.3. The van der Waals surface area contributed by atoms with Gasteiger partial charge in [-0.1, -0.05) is 12.7 Å². The number of amides is 1. The molecule has 0 saturated heterocycles. The van der Waals surface area contributed by atoms with Gasteiger partial charge in [0.2, 0.25) is 5.91 Å². The summed E-state index contributed by atoms with van der Waals surface area (Å²) in [7, 11) is 0. The Kier molecular flexibility index (Phi) is 8.18. The lowest BCUT2D eigenvalue weighted by Crippen LogP contribution is -2.10. The Morgan fingerprint density at radius 3 is 1.83 bits per heavy atom. The van der Waals surface area contributed by atoms with Crippen molar-refractivity contribution >= 4 is 11.9 Å². The molecule has 12 heavy (non-hydrogen) atoms. The first-order valence-corrected chi connectivity index (χ1v) is 3.23. The minimum absolute atomic E-state index is 0.345. The van der Waals surface area contributed by atoms with Crippen LogP contribution >= 0.6 is 0 Å². The molecule has 4 nitrogen and oxygen atoms in total. The maximum absolute atomic E-state index is 10.1. The summed E-state index contributed by atoms with van der Waals surface area (Å²) in [4.78, 5) is 19.3. The third-order valence-corrected chi connectivity index (χ3v) is 0.996. The molecule has 0 saturated carbocycles. The van der Waals surface area contributed by atoms with E-state index in [0.29, 0.717) is 5.57 Å². The van der Waals surface area contributed by atoms with Crippen molar-refractivity contribution in [3.8, 4) is 0 Å². The van der Waals surface area contributed by atoms with Gasteiger partial charge in [-0.2, -0.15) is 0 Å². The number of primary amides is 1. The monoisotopic (exact) mass is 171 g/mol. The lowest BCUT2D eigenvalue weighted by molar-refractivity contribution is -0.131. The van der Waals surface area contributed by atoms with E-state index >= 15 is 0 Å². The first-order valence-electron chi connectivity index (χ1n) is 3.23. The highest BCUT2D eigenvalue weighted by atomic mass is 16.4. The van der Waals surface area contributed by atoms with E-state index in [1.54, 1.807) is 19.9 Å². The number of allylic oxidation sites excluding steroid dienone is 1. The SMILES string of the molecule is C=CC(=O)O.CC=C(C)C(N)=O. The highest BCUT2D eigenvalue weighted by molar-refractivity contribution is 5.91. The molecule has 0 unspecified atom stereocenters. The first-order chi connectivity index (χ1) is 5.45. The average Bonchev–Trinajstić information content (AvgIpc) is 2.04. The summed E-state index contributed by atoms with van der Waals surface area (Å²) >= 11 is 0. The van der Waals surface area contributed by atoms with E-state index in [1.807, 2.05) is 0 Å². The van der Waals surface area contributed by atoms with Gasteiger partial charge in [-0.15, -0.1) is 0 Å². The standard InChI is InChI=1S/C5H9NO.C3H4O2/c1-3-4(2)5(6)7;1-2-3(4)5/h3H,1-2H3,(H2,6,7);2H,1H2,(H,4,5). The Balaban J connectivity index is 0. The fourth-order valence-corrected chi connectivity index (χ4v) is 0.142. The van der Waals surface area contributed by atoms with Crippen molar-refractivity contribution in [3.63, 3.8) is 0 Å². The Labute approximate surface area is 71.4 Å². The molecule has 0 aliphatic carbocycles. The Morgan fingerprint density at radius 2 is 1.83 bits per heavy atom. The molecular weight excluding hydrogens is 158 g/mol. The van der Waals surface area contributed by atoms with E-state index < -0.39 is 5.97 Å². The topological polar surface area (TPSA) is 80.4 Å². The number of rotatable bonds is 2. The van der Waals surface area contributed by atoms with Crippen LogP contribution in [0.3, 0.4) is 0 Å². The maximum atomic E-state index is 10.1. The van der Waals surface area contributed by atoms with Crippen molar-refractivity contribution in [3.05, 3.63) is 24.3 Å². The van der Waals surface area contributed by atoms with Gasteiger partial charge in [0.25, 0.3) is 0 Å². The van der Waals surface area contributed by atoms with Crippen LogP contribution in [0, 0.1) is 0 Å². The highest BCUT2D eigenvalue weighted by Crippen LogP contribution is 1.85. The minimum atomic E-state index is -0.981. The zero-order chi connectivity index (χ0) is 10.1. The molecule has 0 aromatic carbocycles. The van der Waals surface area contributed by atoms with E-state index in [1.165, 1.54) is 0 Å². The lowest BCUT2D eigenvalue weighted by Gasteiger charge is -1.85. The largest absolute Gasteiger partial charge is 0.478 e. The second-order valence-corrected chi connectivity index (χ2v) is 1.88. The normalized spacial score (nSPS) is 9.33. The predicted molar refractivity (Wildman–Crippen MR) is 46.5 cm³/mol. The molecule has 0 radical (unpaired) electrons. The number of carbonyl (C=O) groups excluding carboxylic acids is 1. The summed E-state index contributed by atoms with van der Waals surface area (Å²) in [5, 5.41) is 7.60. The molecule has 0 atom stereocenters. The molecule has 0 heterocycles. The molecular formula is C8H13NO3. The second kappa shape index (κ2) is 7.53. The number of hydrogen-bond acceptors (Lipinski definition) is 2. The molecule has 4 heteroatoms. The highest BCUT2D eigenvalue weighted by Gasteiger charge is 1.90. The molecule has 0 aliphatic heterocycles. The van der Waals surface area contributed by atoms with Crippen LogP contribution in [0.4, 0.5) is 0 Å². The van der Waals surface area contributed by atoms with Gasteiger partial charge in [-0.3, -0.25) is 4.79 Å². The van der Waals surface area contributed by atoms with Gasteiger partial charge in [0, 0.05) is 11.6 Å². The van der Waals surface area contributed by atoms with Crippen LogP contribution in [0.15, 0.2) is 24.3 Å². The third kappa shape index (κ3) is 11.2. The van der Waals surface area contributed by atoms with E-state index in [-0.39, 0.29) is 5.91 Å². The first kappa shape index (κ1) is 13.0. The molecule has 3 N–H and O–H groups in total. The molecule has 0 aliphatic rings. The van der Waals surface area contributed by atoms with Crippen molar-refractivity contribution in [1.82, 2.24) is 0 Å².